The molecule has 0 aliphatic rings. The van der Waals surface area contributed by atoms with Gasteiger partial charge in [-0.3, -0.25) is 4.79 Å². The van der Waals surface area contributed by atoms with Gasteiger partial charge in [-0.05, 0) is 19.1 Å². The molecule has 0 radical (unpaired) electrons. The number of hydrogen-bond acceptors (Lipinski definition) is 4. The average Bonchev–Trinajstić information content (AvgIpc) is 2.73. The molecule has 0 saturated heterocycles. The molecule has 1 atom stereocenters. The van der Waals surface area contributed by atoms with Gasteiger partial charge in [0.25, 0.3) is 5.91 Å². The third kappa shape index (κ3) is 3.96. The SMILES string of the molecule is CCN(Cc1ccc(Cl)s1)C(=O)C(CN)OC. The molecule has 17 heavy (non-hydrogen) atoms. The smallest absolute Gasteiger partial charge is 0.253 e. The first kappa shape index (κ1) is 14.4. The van der Waals surface area contributed by atoms with Crippen molar-refractivity contribution < 1.29 is 9.53 Å². The van der Waals surface area contributed by atoms with Crippen LogP contribution in [0.15, 0.2) is 12.1 Å². The summed E-state index contributed by atoms with van der Waals surface area (Å²) in [6.45, 7) is 3.29. The molecule has 0 fully saturated rings. The van der Waals surface area contributed by atoms with Crippen LogP contribution in [-0.4, -0.2) is 37.1 Å². The Kier molecular flexibility index (Phi) is 5.91. The van der Waals surface area contributed by atoms with Crippen molar-refractivity contribution in [1.82, 2.24) is 4.90 Å². The minimum absolute atomic E-state index is 0.0815. The van der Waals surface area contributed by atoms with E-state index in [1.807, 2.05) is 19.1 Å². The predicted molar refractivity (Wildman–Crippen MR) is 70.3 cm³/mol. The Bertz CT molecular complexity index is 366. The molecule has 0 aliphatic heterocycles. The number of thiophene rings is 1. The van der Waals surface area contributed by atoms with Gasteiger partial charge in [0.1, 0.15) is 6.10 Å². The van der Waals surface area contributed by atoms with Gasteiger partial charge in [0.15, 0.2) is 0 Å². The van der Waals surface area contributed by atoms with Crippen LogP contribution >= 0.6 is 22.9 Å². The van der Waals surface area contributed by atoms with E-state index in [4.69, 9.17) is 22.1 Å². The minimum atomic E-state index is -0.564. The quantitative estimate of drug-likeness (QED) is 0.861. The van der Waals surface area contributed by atoms with Crippen LogP contribution < -0.4 is 5.73 Å². The monoisotopic (exact) mass is 276 g/mol. The molecule has 0 aromatic carbocycles. The summed E-state index contributed by atoms with van der Waals surface area (Å²) in [4.78, 5) is 14.8. The zero-order valence-corrected chi connectivity index (χ0v) is 11.6. The number of nitrogens with zero attached hydrogens (tertiary/aromatic N) is 1. The maximum atomic E-state index is 12.0. The number of ether oxygens (including phenoxy) is 1. The lowest BCUT2D eigenvalue weighted by Crippen LogP contribution is -2.43. The Hall–Kier alpha value is -0.620. The Morgan fingerprint density at radius 2 is 2.35 bits per heavy atom. The van der Waals surface area contributed by atoms with Crippen LogP contribution in [0, 0.1) is 0 Å². The zero-order chi connectivity index (χ0) is 12.8. The van der Waals surface area contributed by atoms with E-state index in [1.54, 1.807) is 4.90 Å². The van der Waals surface area contributed by atoms with Gasteiger partial charge in [0.05, 0.1) is 10.9 Å². The van der Waals surface area contributed by atoms with Gasteiger partial charge in [-0.2, -0.15) is 0 Å². The number of amides is 1. The number of methoxy groups -OCH3 is 1. The zero-order valence-electron chi connectivity index (χ0n) is 9.98. The number of carbonyl (C=O) groups excluding carboxylic acids is 1. The maximum absolute atomic E-state index is 12.0. The first-order valence-corrected chi connectivity index (χ1v) is 6.57. The number of rotatable bonds is 6. The molecule has 6 heteroatoms. The summed E-state index contributed by atoms with van der Waals surface area (Å²) in [6, 6.07) is 3.75. The summed E-state index contributed by atoms with van der Waals surface area (Å²) in [7, 11) is 1.49. The molecular formula is C11H17ClN2O2S. The summed E-state index contributed by atoms with van der Waals surface area (Å²) in [5.74, 6) is -0.0815. The molecule has 1 unspecified atom stereocenters. The highest BCUT2D eigenvalue weighted by Gasteiger charge is 2.22. The summed E-state index contributed by atoms with van der Waals surface area (Å²) < 4.78 is 5.78. The largest absolute Gasteiger partial charge is 0.370 e. The normalized spacial score (nSPS) is 12.5. The Morgan fingerprint density at radius 3 is 2.76 bits per heavy atom. The molecule has 96 valence electrons. The van der Waals surface area contributed by atoms with E-state index in [2.05, 4.69) is 0 Å². The second-order valence-corrected chi connectivity index (χ2v) is 5.32. The van der Waals surface area contributed by atoms with Crippen molar-refractivity contribution in [1.29, 1.82) is 0 Å². The second kappa shape index (κ2) is 6.96. The number of nitrogens with two attached hydrogens (primary N) is 1. The standard InChI is InChI=1S/C11H17ClN2O2S/c1-3-14(11(15)9(6-13)16-2)7-8-4-5-10(12)17-8/h4-5,9H,3,6-7,13H2,1-2H3. The Balaban J connectivity index is 2.68. The average molecular weight is 277 g/mol. The highest BCUT2D eigenvalue weighted by molar-refractivity contribution is 7.16. The molecule has 0 spiro atoms. The molecule has 0 saturated carbocycles. The van der Waals surface area contributed by atoms with Crippen LogP contribution in [-0.2, 0) is 16.1 Å². The molecule has 1 aromatic heterocycles. The molecule has 2 N–H and O–H groups in total. The number of hydrogen-bond donors (Lipinski definition) is 1. The van der Waals surface area contributed by atoms with E-state index in [9.17, 15) is 4.79 Å². The fourth-order valence-corrected chi connectivity index (χ4v) is 2.58. The van der Waals surface area contributed by atoms with Crippen molar-refractivity contribution in [3.8, 4) is 0 Å². The van der Waals surface area contributed by atoms with Gasteiger partial charge in [-0.1, -0.05) is 11.6 Å². The van der Waals surface area contributed by atoms with Crippen molar-refractivity contribution in [2.24, 2.45) is 5.73 Å². The van der Waals surface area contributed by atoms with Gasteiger partial charge >= 0.3 is 0 Å². The maximum Gasteiger partial charge on any atom is 0.253 e. The molecule has 4 nitrogen and oxygen atoms in total. The van der Waals surface area contributed by atoms with Crippen molar-refractivity contribution in [3.05, 3.63) is 21.3 Å². The second-order valence-electron chi connectivity index (χ2n) is 3.52. The number of likely N-dealkylation sites (N-methyl/N-ethyl adjacent to an activating group) is 1. The Labute approximate surface area is 110 Å². The van der Waals surface area contributed by atoms with Gasteiger partial charge in [0, 0.05) is 25.1 Å². The molecule has 0 aliphatic carbocycles. The lowest BCUT2D eigenvalue weighted by molar-refractivity contribution is -0.141. The third-order valence-corrected chi connectivity index (χ3v) is 3.66. The first-order chi connectivity index (χ1) is 8.12. The third-order valence-electron chi connectivity index (χ3n) is 2.44. The molecule has 1 rings (SSSR count). The van der Waals surface area contributed by atoms with Crippen LogP contribution in [0.4, 0.5) is 0 Å². The number of carbonyl (C=O) groups is 1. The van der Waals surface area contributed by atoms with E-state index in [-0.39, 0.29) is 12.5 Å². The summed E-state index contributed by atoms with van der Waals surface area (Å²) in [5, 5.41) is 0. The Morgan fingerprint density at radius 1 is 1.65 bits per heavy atom. The molecule has 1 heterocycles. The lowest BCUT2D eigenvalue weighted by atomic mass is 10.3. The summed E-state index contributed by atoms with van der Waals surface area (Å²) >= 11 is 7.33. The van der Waals surface area contributed by atoms with E-state index in [0.717, 1.165) is 9.21 Å². The minimum Gasteiger partial charge on any atom is -0.370 e. The van der Waals surface area contributed by atoms with E-state index in [0.29, 0.717) is 13.1 Å². The van der Waals surface area contributed by atoms with Crippen LogP contribution in [0.1, 0.15) is 11.8 Å². The van der Waals surface area contributed by atoms with Gasteiger partial charge < -0.3 is 15.4 Å². The topological polar surface area (TPSA) is 55.6 Å². The molecule has 1 aromatic rings. The first-order valence-electron chi connectivity index (χ1n) is 5.38. The van der Waals surface area contributed by atoms with Crippen molar-refractivity contribution in [2.75, 3.05) is 20.2 Å². The van der Waals surface area contributed by atoms with Crippen LogP contribution in [0.2, 0.25) is 4.34 Å². The van der Waals surface area contributed by atoms with Crippen LogP contribution in [0.25, 0.3) is 0 Å². The van der Waals surface area contributed by atoms with Crippen molar-refractivity contribution >= 4 is 28.8 Å². The van der Waals surface area contributed by atoms with E-state index in [1.165, 1.54) is 18.4 Å². The molecule has 0 bridgehead atoms. The molecule has 1 amide bonds. The van der Waals surface area contributed by atoms with Crippen LogP contribution in [0.5, 0.6) is 0 Å². The van der Waals surface area contributed by atoms with E-state index < -0.39 is 6.10 Å². The van der Waals surface area contributed by atoms with Crippen molar-refractivity contribution in [2.45, 2.75) is 19.6 Å². The van der Waals surface area contributed by atoms with E-state index >= 15 is 0 Å². The van der Waals surface area contributed by atoms with Crippen LogP contribution in [0.3, 0.4) is 0 Å². The van der Waals surface area contributed by atoms with Gasteiger partial charge in [0.2, 0.25) is 0 Å². The summed E-state index contributed by atoms with van der Waals surface area (Å²) in [5.41, 5.74) is 5.48. The lowest BCUT2D eigenvalue weighted by Gasteiger charge is -2.24. The van der Waals surface area contributed by atoms with Gasteiger partial charge in [-0.25, -0.2) is 0 Å². The fourth-order valence-electron chi connectivity index (χ4n) is 1.47. The molecular weight excluding hydrogens is 260 g/mol. The number of halogens is 1. The summed E-state index contributed by atoms with van der Waals surface area (Å²) in [6.07, 6.45) is -0.564. The van der Waals surface area contributed by atoms with Crippen molar-refractivity contribution in [3.63, 3.8) is 0 Å². The fraction of sp³-hybridized carbons (Fsp3) is 0.545. The van der Waals surface area contributed by atoms with Gasteiger partial charge in [-0.15, -0.1) is 11.3 Å². The highest BCUT2D eigenvalue weighted by Crippen LogP contribution is 2.22. The predicted octanol–water partition coefficient (Wildman–Crippen LogP) is 1.72. The highest BCUT2D eigenvalue weighted by atomic mass is 35.5.